The van der Waals surface area contributed by atoms with E-state index in [0.29, 0.717) is 11.4 Å². The summed E-state index contributed by atoms with van der Waals surface area (Å²) >= 11 is 5.99. The van der Waals surface area contributed by atoms with Crippen LogP contribution in [-0.2, 0) is 6.42 Å². The van der Waals surface area contributed by atoms with Gasteiger partial charge in [0, 0.05) is 23.5 Å². The summed E-state index contributed by atoms with van der Waals surface area (Å²) in [7, 11) is 0. The van der Waals surface area contributed by atoms with Crippen molar-refractivity contribution in [3.05, 3.63) is 64.2 Å². The van der Waals surface area contributed by atoms with Crippen molar-refractivity contribution in [1.29, 1.82) is 0 Å². The smallest absolute Gasteiger partial charge is 0.124 e. The lowest BCUT2D eigenvalue weighted by molar-refractivity contribution is 0.625. The maximum Gasteiger partial charge on any atom is 0.124 e. The maximum atomic E-state index is 12.9. The van der Waals surface area contributed by atoms with Gasteiger partial charge >= 0.3 is 0 Å². The lowest BCUT2D eigenvalue weighted by Gasteiger charge is -2.15. The Bertz CT molecular complexity index is 557. The number of hydrogen-bond donors (Lipinski definition) is 1. The van der Waals surface area contributed by atoms with Gasteiger partial charge in [-0.2, -0.15) is 0 Å². The fourth-order valence-electron chi connectivity index (χ4n) is 1.93. The van der Waals surface area contributed by atoms with Crippen LogP contribution in [0, 0.1) is 12.7 Å². The Labute approximate surface area is 111 Å². The molecule has 0 saturated carbocycles. The number of benzene rings is 1. The van der Waals surface area contributed by atoms with E-state index in [-0.39, 0.29) is 11.9 Å². The summed E-state index contributed by atoms with van der Waals surface area (Å²) in [5.41, 5.74) is 9.08. The molecule has 94 valence electrons. The topological polar surface area (TPSA) is 38.9 Å². The second kappa shape index (κ2) is 5.46. The number of aromatic nitrogens is 1. The first-order chi connectivity index (χ1) is 8.58. The number of pyridine rings is 1. The van der Waals surface area contributed by atoms with E-state index in [1.54, 1.807) is 18.5 Å². The fourth-order valence-corrected chi connectivity index (χ4v) is 2.18. The standard InChI is InChI=1S/C14H14ClFN2/c1-9-8-18-5-4-12(9)14(17)6-10-2-3-11(16)7-13(10)15/h2-5,7-8,14H,6,17H2,1H3. The van der Waals surface area contributed by atoms with Crippen LogP contribution in [0.2, 0.25) is 5.02 Å². The van der Waals surface area contributed by atoms with Crippen molar-refractivity contribution in [1.82, 2.24) is 4.98 Å². The fraction of sp³-hybridized carbons (Fsp3) is 0.214. The van der Waals surface area contributed by atoms with Gasteiger partial charge in [0.05, 0.1) is 0 Å². The van der Waals surface area contributed by atoms with Crippen LogP contribution in [0.25, 0.3) is 0 Å². The van der Waals surface area contributed by atoms with Gasteiger partial charge in [0.1, 0.15) is 5.82 Å². The third-order valence-corrected chi connectivity index (χ3v) is 3.27. The van der Waals surface area contributed by atoms with Crippen LogP contribution in [-0.4, -0.2) is 4.98 Å². The van der Waals surface area contributed by atoms with Gasteiger partial charge in [-0.05, 0) is 48.2 Å². The Hall–Kier alpha value is -1.45. The molecule has 1 aromatic heterocycles. The Morgan fingerprint density at radius 3 is 2.83 bits per heavy atom. The molecule has 4 heteroatoms. The molecule has 18 heavy (non-hydrogen) atoms. The average molecular weight is 265 g/mol. The van der Waals surface area contributed by atoms with E-state index in [0.717, 1.165) is 16.7 Å². The molecule has 0 saturated heterocycles. The molecule has 0 fully saturated rings. The molecule has 0 spiro atoms. The number of nitrogens with two attached hydrogens (primary N) is 1. The molecule has 1 atom stereocenters. The number of aryl methyl sites for hydroxylation is 1. The van der Waals surface area contributed by atoms with Gasteiger partial charge < -0.3 is 5.73 Å². The monoisotopic (exact) mass is 264 g/mol. The Morgan fingerprint density at radius 1 is 1.39 bits per heavy atom. The highest BCUT2D eigenvalue weighted by atomic mass is 35.5. The molecule has 0 bridgehead atoms. The number of hydrogen-bond acceptors (Lipinski definition) is 2. The minimum absolute atomic E-state index is 0.170. The summed E-state index contributed by atoms with van der Waals surface area (Å²) in [6.45, 7) is 1.97. The minimum Gasteiger partial charge on any atom is -0.324 e. The summed E-state index contributed by atoms with van der Waals surface area (Å²) in [6, 6.07) is 6.11. The second-order valence-corrected chi connectivity index (χ2v) is 4.69. The molecule has 0 aliphatic heterocycles. The zero-order valence-electron chi connectivity index (χ0n) is 10.0. The predicted molar refractivity (Wildman–Crippen MR) is 71.0 cm³/mol. The van der Waals surface area contributed by atoms with Crippen molar-refractivity contribution in [2.45, 2.75) is 19.4 Å². The van der Waals surface area contributed by atoms with Crippen molar-refractivity contribution in [3.63, 3.8) is 0 Å². The minimum atomic E-state index is -0.336. The quantitative estimate of drug-likeness (QED) is 0.923. The molecule has 2 rings (SSSR count). The molecular formula is C14H14ClFN2. The van der Waals surface area contributed by atoms with Crippen LogP contribution in [0.5, 0.6) is 0 Å². The summed E-state index contributed by atoms with van der Waals surface area (Å²) in [4.78, 5) is 4.03. The molecule has 0 amide bonds. The van der Waals surface area contributed by atoms with Gasteiger partial charge in [-0.15, -0.1) is 0 Å². The van der Waals surface area contributed by atoms with E-state index >= 15 is 0 Å². The average Bonchev–Trinajstić information content (AvgIpc) is 2.33. The maximum absolute atomic E-state index is 12.9. The molecule has 2 N–H and O–H groups in total. The Kier molecular flexibility index (Phi) is 3.94. The summed E-state index contributed by atoms with van der Waals surface area (Å²) in [5.74, 6) is -0.336. The van der Waals surface area contributed by atoms with E-state index in [4.69, 9.17) is 17.3 Å². The highest BCUT2D eigenvalue weighted by Gasteiger charge is 2.12. The zero-order chi connectivity index (χ0) is 13.1. The molecule has 1 unspecified atom stereocenters. The van der Waals surface area contributed by atoms with Crippen LogP contribution in [0.15, 0.2) is 36.7 Å². The predicted octanol–water partition coefficient (Wildman–Crippen LogP) is 3.43. The van der Waals surface area contributed by atoms with Crippen LogP contribution in [0.3, 0.4) is 0 Å². The van der Waals surface area contributed by atoms with E-state index in [9.17, 15) is 4.39 Å². The summed E-state index contributed by atoms with van der Waals surface area (Å²) < 4.78 is 12.9. The lowest BCUT2D eigenvalue weighted by Crippen LogP contribution is -2.15. The third-order valence-electron chi connectivity index (χ3n) is 2.92. The van der Waals surface area contributed by atoms with Gasteiger partial charge in [-0.1, -0.05) is 17.7 Å². The molecule has 2 nitrogen and oxygen atoms in total. The van der Waals surface area contributed by atoms with Gasteiger partial charge in [0.25, 0.3) is 0 Å². The van der Waals surface area contributed by atoms with Crippen LogP contribution < -0.4 is 5.73 Å². The van der Waals surface area contributed by atoms with Crippen LogP contribution >= 0.6 is 11.6 Å². The molecule has 0 aliphatic carbocycles. The number of rotatable bonds is 3. The largest absolute Gasteiger partial charge is 0.324 e. The van der Waals surface area contributed by atoms with Crippen molar-refractivity contribution >= 4 is 11.6 Å². The molecule has 2 aromatic rings. The molecule has 1 heterocycles. The first kappa shape index (κ1) is 13.0. The Balaban J connectivity index is 2.21. The number of halogens is 2. The van der Waals surface area contributed by atoms with Crippen molar-refractivity contribution in [2.75, 3.05) is 0 Å². The van der Waals surface area contributed by atoms with E-state index in [1.165, 1.54) is 12.1 Å². The normalized spacial score (nSPS) is 12.4. The molecule has 1 aromatic carbocycles. The van der Waals surface area contributed by atoms with Gasteiger partial charge in [-0.3, -0.25) is 4.98 Å². The van der Waals surface area contributed by atoms with Crippen molar-refractivity contribution in [3.8, 4) is 0 Å². The van der Waals surface area contributed by atoms with Gasteiger partial charge in [-0.25, -0.2) is 4.39 Å². The van der Waals surface area contributed by atoms with Crippen molar-refractivity contribution in [2.24, 2.45) is 5.73 Å². The third kappa shape index (κ3) is 2.86. The van der Waals surface area contributed by atoms with Gasteiger partial charge in [0.2, 0.25) is 0 Å². The molecule has 0 radical (unpaired) electrons. The first-order valence-corrected chi connectivity index (χ1v) is 6.05. The molecular weight excluding hydrogens is 251 g/mol. The van der Waals surface area contributed by atoms with E-state index < -0.39 is 0 Å². The zero-order valence-corrected chi connectivity index (χ0v) is 10.8. The highest BCUT2D eigenvalue weighted by molar-refractivity contribution is 6.31. The second-order valence-electron chi connectivity index (χ2n) is 4.28. The van der Waals surface area contributed by atoms with Crippen LogP contribution in [0.4, 0.5) is 4.39 Å². The summed E-state index contributed by atoms with van der Waals surface area (Å²) in [5, 5.41) is 0.414. The molecule has 0 aliphatic rings. The lowest BCUT2D eigenvalue weighted by atomic mass is 9.97. The number of nitrogens with zero attached hydrogens (tertiary/aromatic N) is 1. The SMILES string of the molecule is Cc1cnccc1C(N)Cc1ccc(F)cc1Cl. The Morgan fingerprint density at radius 2 is 2.17 bits per heavy atom. The first-order valence-electron chi connectivity index (χ1n) is 5.68. The van der Waals surface area contributed by atoms with Crippen molar-refractivity contribution < 1.29 is 4.39 Å². The highest BCUT2D eigenvalue weighted by Crippen LogP contribution is 2.24. The summed E-state index contributed by atoms with van der Waals surface area (Å²) in [6.07, 6.45) is 4.07. The van der Waals surface area contributed by atoms with E-state index in [1.807, 2.05) is 13.0 Å². The van der Waals surface area contributed by atoms with Gasteiger partial charge in [0.15, 0.2) is 0 Å². The van der Waals surface area contributed by atoms with E-state index in [2.05, 4.69) is 4.98 Å². The van der Waals surface area contributed by atoms with Crippen LogP contribution in [0.1, 0.15) is 22.7 Å².